The topological polar surface area (TPSA) is 42.4 Å². The van der Waals surface area contributed by atoms with Gasteiger partial charge in [-0.15, -0.1) is 0 Å². The van der Waals surface area contributed by atoms with Crippen LogP contribution in [0.25, 0.3) is 0 Å². The first-order valence-corrected chi connectivity index (χ1v) is 5.71. The number of hydrogen-bond acceptors (Lipinski definition) is 3. The first-order chi connectivity index (χ1) is 9.29. The quantitative estimate of drug-likeness (QED) is 0.857. The summed E-state index contributed by atoms with van der Waals surface area (Å²) in [6.45, 7) is -0.0187. The lowest BCUT2D eigenvalue weighted by atomic mass is 10.2. The van der Waals surface area contributed by atoms with Gasteiger partial charge >= 0.3 is 0 Å². The van der Waals surface area contributed by atoms with Gasteiger partial charge in [-0.2, -0.15) is 0 Å². The molecule has 1 N–H and O–H groups in total. The minimum atomic E-state index is -0.398. The number of rotatable bonds is 3. The van der Waals surface area contributed by atoms with Crippen molar-refractivity contribution in [1.29, 1.82) is 0 Å². The van der Waals surface area contributed by atoms with Crippen LogP contribution in [0.2, 0.25) is 0 Å². The number of nitrogens with zero attached hydrogens (tertiary/aromatic N) is 1. The van der Waals surface area contributed by atoms with Crippen LogP contribution in [0.15, 0.2) is 42.6 Å². The molecule has 2 aromatic rings. The smallest absolute Gasteiger partial charge is 0.138 e. The third-order valence-corrected chi connectivity index (χ3v) is 2.35. The van der Waals surface area contributed by atoms with Gasteiger partial charge in [0.1, 0.15) is 24.8 Å². The summed E-state index contributed by atoms with van der Waals surface area (Å²) >= 11 is 0. The fourth-order valence-corrected chi connectivity index (χ4v) is 1.49. The standard InChI is InChI=1S/C15H12FNO2/c16-13-7-6-12(4-3-9-18)15(10-13)19-11-14-5-1-2-8-17-14/h1-2,5-8,10,18H,9,11H2. The van der Waals surface area contributed by atoms with Crippen LogP contribution < -0.4 is 4.74 Å². The highest BCUT2D eigenvalue weighted by Crippen LogP contribution is 2.20. The summed E-state index contributed by atoms with van der Waals surface area (Å²) in [5.74, 6) is 5.17. The summed E-state index contributed by atoms with van der Waals surface area (Å²) in [5.41, 5.74) is 1.28. The maximum absolute atomic E-state index is 13.2. The lowest BCUT2D eigenvalue weighted by Gasteiger charge is -2.08. The number of aliphatic hydroxyl groups excluding tert-OH is 1. The largest absolute Gasteiger partial charge is 0.486 e. The van der Waals surface area contributed by atoms with E-state index in [1.807, 2.05) is 18.2 Å². The van der Waals surface area contributed by atoms with Gasteiger partial charge in [0.15, 0.2) is 0 Å². The van der Waals surface area contributed by atoms with E-state index in [2.05, 4.69) is 16.8 Å². The lowest BCUT2D eigenvalue weighted by molar-refractivity contribution is 0.299. The average Bonchev–Trinajstić information content (AvgIpc) is 2.45. The molecule has 0 aliphatic carbocycles. The number of hydrogen-bond donors (Lipinski definition) is 1. The van der Waals surface area contributed by atoms with Crippen LogP contribution in [0.4, 0.5) is 4.39 Å². The molecule has 96 valence electrons. The molecular formula is C15H12FNO2. The van der Waals surface area contributed by atoms with Crippen LogP contribution in [0.3, 0.4) is 0 Å². The Bertz CT molecular complexity index is 603. The van der Waals surface area contributed by atoms with E-state index in [4.69, 9.17) is 9.84 Å². The van der Waals surface area contributed by atoms with E-state index in [9.17, 15) is 4.39 Å². The van der Waals surface area contributed by atoms with E-state index >= 15 is 0 Å². The molecule has 4 heteroatoms. The van der Waals surface area contributed by atoms with Crippen molar-refractivity contribution in [2.45, 2.75) is 6.61 Å². The van der Waals surface area contributed by atoms with Gasteiger partial charge in [-0.1, -0.05) is 17.9 Å². The van der Waals surface area contributed by atoms with Gasteiger partial charge in [-0.3, -0.25) is 4.98 Å². The minimum Gasteiger partial charge on any atom is -0.486 e. The summed E-state index contributed by atoms with van der Waals surface area (Å²) in [6.07, 6.45) is 1.66. The van der Waals surface area contributed by atoms with Crippen LogP contribution in [0, 0.1) is 17.7 Å². The Hall–Kier alpha value is -2.38. The second kappa shape index (κ2) is 6.53. The van der Waals surface area contributed by atoms with E-state index in [0.29, 0.717) is 11.3 Å². The van der Waals surface area contributed by atoms with Gasteiger partial charge < -0.3 is 9.84 Å². The molecule has 0 amide bonds. The summed E-state index contributed by atoms with van der Waals surface area (Å²) in [4.78, 5) is 4.11. The highest BCUT2D eigenvalue weighted by atomic mass is 19.1. The molecule has 0 unspecified atom stereocenters. The highest BCUT2D eigenvalue weighted by molar-refractivity contribution is 5.46. The monoisotopic (exact) mass is 257 g/mol. The Labute approximate surface area is 110 Å². The molecular weight excluding hydrogens is 245 g/mol. The SMILES string of the molecule is OCC#Cc1ccc(F)cc1OCc1ccccn1. The number of halogens is 1. The number of aliphatic hydroxyl groups is 1. The van der Waals surface area contributed by atoms with Crippen molar-refractivity contribution in [1.82, 2.24) is 4.98 Å². The molecule has 0 radical (unpaired) electrons. The van der Waals surface area contributed by atoms with E-state index in [0.717, 1.165) is 5.69 Å². The molecule has 0 aliphatic rings. The summed E-state index contributed by atoms with van der Waals surface area (Å²) in [6, 6.07) is 9.57. The summed E-state index contributed by atoms with van der Waals surface area (Å²) in [5, 5.41) is 8.68. The van der Waals surface area contributed by atoms with Crippen LogP contribution in [-0.4, -0.2) is 16.7 Å². The zero-order valence-electron chi connectivity index (χ0n) is 10.1. The second-order valence-electron chi connectivity index (χ2n) is 3.71. The molecule has 1 aromatic heterocycles. The molecule has 0 fully saturated rings. The maximum Gasteiger partial charge on any atom is 0.138 e. The third-order valence-electron chi connectivity index (χ3n) is 2.35. The van der Waals surface area contributed by atoms with Gasteiger partial charge in [-0.25, -0.2) is 4.39 Å². The van der Waals surface area contributed by atoms with Crippen LogP contribution in [0.5, 0.6) is 5.75 Å². The Morgan fingerprint density at radius 3 is 2.89 bits per heavy atom. The van der Waals surface area contributed by atoms with Crippen molar-refractivity contribution < 1.29 is 14.2 Å². The molecule has 0 saturated heterocycles. The van der Waals surface area contributed by atoms with Crippen molar-refractivity contribution in [3.05, 3.63) is 59.7 Å². The molecule has 2 rings (SSSR count). The first kappa shape index (κ1) is 13.1. The summed E-state index contributed by atoms with van der Waals surface area (Å²) in [7, 11) is 0. The Morgan fingerprint density at radius 2 is 2.16 bits per heavy atom. The zero-order chi connectivity index (χ0) is 13.5. The predicted molar refractivity (Wildman–Crippen MR) is 68.9 cm³/mol. The number of ether oxygens (including phenoxy) is 1. The number of pyridine rings is 1. The van der Waals surface area contributed by atoms with E-state index in [1.54, 1.807) is 6.20 Å². The minimum absolute atomic E-state index is 0.234. The molecule has 0 bridgehead atoms. The molecule has 19 heavy (non-hydrogen) atoms. The molecule has 1 aromatic carbocycles. The second-order valence-corrected chi connectivity index (χ2v) is 3.71. The molecule has 0 saturated carbocycles. The highest BCUT2D eigenvalue weighted by Gasteiger charge is 2.04. The van der Waals surface area contributed by atoms with Crippen molar-refractivity contribution >= 4 is 0 Å². The van der Waals surface area contributed by atoms with Crippen molar-refractivity contribution in [2.24, 2.45) is 0 Å². The van der Waals surface area contributed by atoms with Gasteiger partial charge in [0.25, 0.3) is 0 Å². The van der Waals surface area contributed by atoms with E-state index in [-0.39, 0.29) is 13.2 Å². The van der Waals surface area contributed by atoms with E-state index < -0.39 is 5.82 Å². The molecule has 1 heterocycles. The predicted octanol–water partition coefficient (Wildman–Crippen LogP) is 2.14. The average molecular weight is 257 g/mol. The van der Waals surface area contributed by atoms with Crippen LogP contribution in [-0.2, 0) is 6.61 Å². The maximum atomic E-state index is 13.2. The van der Waals surface area contributed by atoms with Gasteiger partial charge in [0.2, 0.25) is 0 Å². The van der Waals surface area contributed by atoms with Crippen molar-refractivity contribution in [3.8, 4) is 17.6 Å². The fourth-order valence-electron chi connectivity index (χ4n) is 1.49. The van der Waals surface area contributed by atoms with Crippen molar-refractivity contribution in [3.63, 3.8) is 0 Å². The molecule has 3 nitrogen and oxygen atoms in total. The van der Waals surface area contributed by atoms with Gasteiger partial charge in [-0.05, 0) is 24.3 Å². The normalized spacial score (nSPS) is 9.58. The van der Waals surface area contributed by atoms with Crippen molar-refractivity contribution in [2.75, 3.05) is 6.61 Å². The summed E-state index contributed by atoms with van der Waals surface area (Å²) < 4.78 is 18.7. The molecule has 0 aliphatic heterocycles. The number of benzene rings is 1. The fraction of sp³-hybridized carbons (Fsp3) is 0.133. The zero-order valence-corrected chi connectivity index (χ0v) is 10.1. The lowest BCUT2D eigenvalue weighted by Crippen LogP contribution is -1.99. The van der Waals surface area contributed by atoms with E-state index in [1.165, 1.54) is 18.2 Å². The Morgan fingerprint density at radius 1 is 1.26 bits per heavy atom. The first-order valence-electron chi connectivity index (χ1n) is 5.71. The van der Waals surface area contributed by atoms with Gasteiger partial charge in [0.05, 0.1) is 11.3 Å². The Kier molecular flexibility index (Phi) is 4.49. The molecule has 0 atom stereocenters. The Balaban J connectivity index is 2.16. The van der Waals surface area contributed by atoms with Gasteiger partial charge in [0, 0.05) is 12.3 Å². The van der Waals surface area contributed by atoms with Crippen LogP contribution in [0.1, 0.15) is 11.3 Å². The molecule has 0 spiro atoms. The van der Waals surface area contributed by atoms with Crippen LogP contribution >= 0.6 is 0 Å². The number of aromatic nitrogens is 1. The third kappa shape index (κ3) is 3.80.